The smallest absolute Gasteiger partial charge is 0.228 e. The zero-order valence-electron chi connectivity index (χ0n) is 15.4. The maximum atomic E-state index is 13.2. The molecule has 0 bridgehead atoms. The molecule has 1 aliphatic carbocycles. The predicted molar refractivity (Wildman–Crippen MR) is 105 cm³/mol. The molecule has 7 heteroatoms. The second-order valence-electron chi connectivity index (χ2n) is 7.05. The highest BCUT2D eigenvalue weighted by Gasteiger charge is 2.48. The minimum Gasteiger partial charge on any atom is -0.378 e. The summed E-state index contributed by atoms with van der Waals surface area (Å²) in [6.45, 7) is 2.87. The Kier molecular flexibility index (Phi) is 5.25. The van der Waals surface area contributed by atoms with Crippen LogP contribution in [0.5, 0.6) is 0 Å². The lowest BCUT2D eigenvalue weighted by Crippen LogP contribution is -2.36. The molecule has 1 saturated heterocycles. The third kappa shape index (κ3) is 4.14. The molecule has 1 heterocycles. The van der Waals surface area contributed by atoms with Crippen molar-refractivity contribution >= 4 is 28.9 Å². The fraction of sp³-hybridized carbons (Fsp3) is 0.333. The highest BCUT2D eigenvalue weighted by molar-refractivity contribution is 6.04. The lowest BCUT2D eigenvalue weighted by atomic mass is 10.2. The summed E-state index contributed by atoms with van der Waals surface area (Å²) < 4.78 is 18.6. The van der Waals surface area contributed by atoms with Crippen LogP contribution in [-0.4, -0.2) is 38.1 Å². The Balaban J connectivity index is 1.37. The Hall–Kier alpha value is -2.93. The average molecular weight is 383 g/mol. The number of carbonyl (C=O) groups excluding carboxylic acids is 2. The fourth-order valence-corrected chi connectivity index (χ4v) is 3.46. The van der Waals surface area contributed by atoms with Gasteiger partial charge < -0.3 is 20.3 Å². The highest BCUT2D eigenvalue weighted by Crippen LogP contribution is 2.41. The first-order valence-corrected chi connectivity index (χ1v) is 9.41. The number of halogens is 1. The van der Waals surface area contributed by atoms with Gasteiger partial charge in [0.05, 0.1) is 36.4 Å². The van der Waals surface area contributed by atoms with Crippen molar-refractivity contribution < 1.29 is 18.7 Å². The lowest BCUT2D eigenvalue weighted by molar-refractivity contribution is -0.122. The van der Waals surface area contributed by atoms with Crippen molar-refractivity contribution in [2.75, 3.05) is 41.8 Å². The maximum absolute atomic E-state index is 13.2. The number of para-hydroxylation sites is 2. The van der Waals surface area contributed by atoms with E-state index >= 15 is 0 Å². The summed E-state index contributed by atoms with van der Waals surface area (Å²) in [5.41, 5.74) is 2.10. The van der Waals surface area contributed by atoms with Crippen LogP contribution < -0.4 is 15.5 Å². The average Bonchev–Trinajstić information content (AvgIpc) is 3.50. The normalized spacial score (nSPS) is 21.1. The van der Waals surface area contributed by atoms with E-state index in [4.69, 9.17) is 4.74 Å². The number of hydrogen-bond donors (Lipinski definition) is 2. The van der Waals surface area contributed by atoms with Crippen LogP contribution in [0.1, 0.15) is 6.42 Å². The minimum absolute atomic E-state index is 0.167. The molecule has 0 spiro atoms. The molecular formula is C21H22FN3O3. The van der Waals surface area contributed by atoms with Crippen LogP contribution in [0.25, 0.3) is 0 Å². The van der Waals surface area contributed by atoms with E-state index in [-0.39, 0.29) is 23.7 Å². The van der Waals surface area contributed by atoms with E-state index in [1.54, 1.807) is 6.07 Å². The molecule has 1 saturated carbocycles. The molecule has 146 valence electrons. The molecule has 4 rings (SSSR count). The Bertz CT molecular complexity index is 883. The number of benzene rings is 2. The first-order valence-electron chi connectivity index (χ1n) is 9.41. The van der Waals surface area contributed by atoms with Crippen molar-refractivity contribution in [1.29, 1.82) is 0 Å². The van der Waals surface area contributed by atoms with Crippen LogP contribution in [0, 0.1) is 17.7 Å². The van der Waals surface area contributed by atoms with E-state index in [1.807, 2.05) is 24.3 Å². The third-order valence-electron chi connectivity index (χ3n) is 5.07. The molecule has 2 aromatic carbocycles. The predicted octanol–water partition coefficient (Wildman–Crippen LogP) is 2.88. The molecule has 0 aromatic heterocycles. The van der Waals surface area contributed by atoms with Crippen molar-refractivity contribution in [3.8, 4) is 0 Å². The molecule has 2 aliphatic rings. The van der Waals surface area contributed by atoms with Gasteiger partial charge in [-0.15, -0.1) is 0 Å². The summed E-state index contributed by atoms with van der Waals surface area (Å²) in [6.07, 6.45) is 0.493. The number of carbonyl (C=O) groups is 2. The monoisotopic (exact) mass is 383 g/mol. The van der Waals surface area contributed by atoms with Crippen LogP contribution in [0.3, 0.4) is 0 Å². The standard InChI is InChI=1S/C21H22FN3O3/c22-14-4-3-5-15(12-14)23-20(26)16-13-17(16)21(27)24-18-6-1-2-7-19(18)25-8-10-28-11-9-25/h1-7,12,16-17H,8-11,13H2,(H,23,26)(H,24,27). The third-order valence-corrected chi connectivity index (χ3v) is 5.07. The first-order chi connectivity index (χ1) is 13.6. The minimum atomic E-state index is -0.414. The van der Waals surface area contributed by atoms with E-state index < -0.39 is 5.82 Å². The van der Waals surface area contributed by atoms with E-state index in [2.05, 4.69) is 15.5 Å². The number of hydrogen-bond acceptors (Lipinski definition) is 4. The van der Waals surface area contributed by atoms with Gasteiger partial charge in [0.15, 0.2) is 0 Å². The summed E-state index contributed by atoms with van der Waals surface area (Å²) in [5.74, 6) is -1.60. The second kappa shape index (κ2) is 7.98. The summed E-state index contributed by atoms with van der Waals surface area (Å²) in [5, 5.41) is 5.64. The van der Waals surface area contributed by atoms with Crippen LogP contribution >= 0.6 is 0 Å². The quantitative estimate of drug-likeness (QED) is 0.833. The van der Waals surface area contributed by atoms with Gasteiger partial charge in [0.1, 0.15) is 5.82 Å². The Labute approximate surface area is 162 Å². The number of morpholine rings is 1. The number of rotatable bonds is 5. The molecular weight excluding hydrogens is 361 g/mol. The largest absolute Gasteiger partial charge is 0.378 e. The van der Waals surface area contributed by atoms with Gasteiger partial charge in [0.25, 0.3) is 0 Å². The highest BCUT2D eigenvalue weighted by atomic mass is 19.1. The van der Waals surface area contributed by atoms with Gasteiger partial charge in [0.2, 0.25) is 11.8 Å². The van der Waals surface area contributed by atoms with Gasteiger partial charge in [-0.25, -0.2) is 4.39 Å². The number of amides is 2. The first kappa shape index (κ1) is 18.4. The van der Waals surface area contributed by atoms with Gasteiger partial charge in [-0.3, -0.25) is 9.59 Å². The molecule has 28 heavy (non-hydrogen) atoms. The SMILES string of the molecule is O=C(Nc1cccc(F)c1)C1CC1C(=O)Nc1ccccc1N1CCOCC1. The Morgan fingerprint density at radius 2 is 1.68 bits per heavy atom. The summed E-state index contributed by atoms with van der Waals surface area (Å²) in [6, 6.07) is 13.4. The molecule has 0 radical (unpaired) electrons. The van der Waals surface area contributed by atoms with Crippen molar-refractivity contribution in [2.24, 2.45) is 11.8 Å². The fourth-order valence-electron chi connectivity index (χ4n) is 3.46. The molecule has 2 fully saturated rings. The van der Waals surface area contributed by atoms with Crippen molar-refractivity contribution in [3.05, 3.63) is 54.3 Å². The van der Waals surface area contributed by atoms with Crippen LogP contribution in [0.4, 0.5) is 21.5 Å². The van der Waals surface area contributed by atoms with Crippen molar-refractivity contribution in [1.82, 2.24) is 0 Å². The molecule has 2 N–H and O–H groups in total. The molecule has 2 unspecified atom stereocenters. The molecule has 1 aliphatic heterocycles. The van der Waals surface area contributed by atoms with Crippen LogP contribution in [0.15, 0.2) is 48.5 Å². The summed E-state index contributed by atoms with van der Waals surface area (Å²) in [4.78, 5) is 27.1. The van der Waals surface area contributed by atoms with E-state index in [0.29, 0.717) is 25.3 Å². The second-order valence-corrected chi connectivity index (χ2v) is 7.05. The van der Waals surface area contributed by atoms with Crippen LogP contribution in [0.2, 0.25) is 0 Å². The topological polar surface area (TPSA) is 70.7 Å². The van der Waals surface area contributed by atoms with Gasteiger partial charge in [0, 0.05) is 18.8 Å². The van der Waals surface area contributed by atoms with Gasteiger partial charge >= 0.3 is 0 Å². The van der Waals surface area contributed by atoms with Gasteiger partial charge in [-0.05, 0) is 36.8 Å². The number of anilines is 3. The van der Waals surface area contributed by atoms with E-state index in [1.165, 1.54) is 18.2 Å². The molecule has 6 nitrogen and oxygen atoms in total. The van der Waals surface area contributed by atoms with Crippen molar-refractivity contribution in [2.45, 2.75) is 6.42 Å². The van der Waals surface area contributed by atoms with E-state index in [0.717, 1.165) is 24.5 Å². The Morgan fingerprint density at radius 3 is 2.43 bits per heavy atom. The maximum Gasteiger partial charge on any atom is 0.228 e. The Morgan fingerprint density at radius 1 is 0.964 bits per heavy atom. The zero-order valence-corrected chi connectivity index (χ0v) is 15.4. The molecule has 2 aromatic rings. The van der Waals surface area contributed by atoms with Crippen LogP contribution in [-0.2, 0) is 14.3 Å². The van der Waals surface area contributed by atoms with Gasteiger partial charge in [-0.2, -0.15) is 0 Å². The zero-order chi connectivity index (χ0) is 19.5. The molecule has 2 amide bonds. The summed E-state index contributed by atoms with van der Waals surface area (Å²) >= 11 is 0. The summed E-state index contributed by atoms with van der Waals surface area (Å²) in [7, 11) is 0. The number of ether oxygens (including phenoxy) is 1. The van der Waals surface area contributed by atoms with Gasteiger partial charge in [-0.1, -0.05) is 18.2 Å². The molecule has 2 atom stereocenters. The van der Waals surface area contributed by atoms with E-state index in [9.17, 15) is 14.0 Å². The lowest BCUT2D eigenvalue weighted by Gasteiger charge is -2.30. The van der Waals surface area contributed by atoms with Crippen molar-refractivity contribution in [3.63, 3.8) is 0 Å². The number of nitrogens with zero attached hydrogens (tertiary/aromatic N) is 1. The number of nitrogens with one attached hydrogen (secondary N) is 2.